The zero-order valence-corrected chi connectivity index (χ0v) is 11.9. The monoisotopic (exact) mass is 405 g/mol. The van der Waals surface area contributed by atoms with Crippen molar-refractivity contribution < 1.29 is 18.3 Å². The molecule has 0 aliphatic rings. The predicted molar refractivity (Wildman–Crippen MR) is 65.9 cm³/mol. The van der Waals surface area contributed by atoms with Gasteiger partial charge in [0.25, 0.3) is 6.43 Å². The Morgan fingerprint density at radius 2 is 2.31 bits per heavy atom. The molecule has 0 fully saturated rings. The molecule has 0 saturated carbocycles. The molecule has 1 heterocycles. The Morgan fingerprint density at radius 3 is 2.75 bits per heavy atom. The van der Waals surface area contributed by atoms with Crippen LogP contribution in [0.15, 0.2) is 6.20 Å². The van der Waals surface area contributed by atoms with E-state index in [0.29, 0.717) is 5.56 Å². The van der Waals surface area contributed by atoms with E-state index in [2.05, 4.69) is 25.7 Å². The highest BCUT2D eigenvalue weighted by Crippen LogP contribution is 2.30. The molecule has 16 heavy (non-hydrogen) atoms. The number of ether oxygens (including phenoxy) is 1. The van der Waals surface area contributed by atoms with E-state index in [-0.39, 0.29) is 20.2 Å². The van der Waals surface area contributed by atoms with Crippen molar-refractivity contribution >= 4 is 44.5 Å². The molecular weight excluding hydrogens is 399 g/mol. The van der Waals surface area contributed by atoms with Crippen LogP contribution in [0.3, 0.4) is 0 Å². The second-order valence-electron chi connectivity index (χ2n) is 2.79. The summed E-state index contributed by atoms with van der Waals surface area (Å²) in [7, 11) is 1.16. The third-order valence-corrected chi connectivity index (χ3v) is 3.36. The Morgan fingerprint density at radius 1 is 1.69 bits per heavy atom. The zero-order valence-electron chi connectivity index (χ0n) is 8.14. The fourth-order valence-corrected chi connectivity index (χ4v) is 2.26. The number of halogens is 4. The van der Waals surface area contributed by atoms with Crippen LogP contribution in [0.5, 0.6) is 0 Å². The topological polar surface area (TPSA) is 39.2 Å². The number of aromatic nitrogens is 1. The van der Waals surface area contributed by atoms with Gasteiger partial charge in [0, 0.05) is 11.5 Å². The number of carbonyl (C=O) groups is 1. The van der Waals surface area contributed by atoms with Gasteiger partial charge >= 0.3 is 5.97 Å². The quantitative estimate of drug-likeness (QED) is 0.335. The second-order valence-corrected chi connectivity index (χ2v) is 4.37. The summed E-state index contributed by atoms with van der Waals surface area (Å²) in [6.07, 6.45) is -1.37. The summed E-state index contributed by atoms with van der Waals surface area (Å²) in [5, 5.41) is 0.265. The minimum atomic E-state index is -2.76. The largest absolute Gasteiger partial charge is 0.465 e. The van der Waals surface area contributed by atoms with Gasteiger partial charge in [-0.3, -0.25) is 0 Å². The summed E-state index contributed by atoms with van der Waals surface area (Å²) in [4.78, 5) is 15.3. The lowest BCUT2D eigenvalue weighted by Crippen LogP contribution is -2.12. The van der Waals surface area contributed by atoms with Crippen molar-refractivity contribution in [2.75, 3.05) is 7.11 Å². The highest BCUT2D eigenvalue weighted by atomic mass is 127. The number of nitrogens with zero attached hydrogens (tertiary/aromatic N) is 1. The van der Waals surface area contributed by atoms with E-state index in [9.17, 15) is 13.6 Å². The van der Waals surface area contributed by atoms with Crippen LogP contribution in [-0.4, -0.2) is 18.1 Å². The lowest BCUT2D eigenvalue weighted by molar-refractivity contribution is 0.0587. The molecule has 1 rings (SSSR count). The molecule has 3 nitrogen and oxygen atoms in total. The summed E-state index contributed by atoms with van der Waals surface area (Å²) in [6, 6.07) is 0. The Kier molecular flexibility index (Phi) is 5.03. The maximum atomic E-state index is 12.8. The minimum absolute atomic E-state index is 0.103. The lowest BCUT2D eigenvalue weighted by atomic mass is 10.1. The highest BCUT2D eigenvalue weighted by Gasteiger charge is 2.25. The van der Waals surface area contributed by atoms with Crippen LogP contribution in [0.1, 0.15) is 27.9 Å². The molecule has 0 atom stereocenters. The van der Waals surface area contributed by atoms with Crippen molar-refractivity contribution in [1.82, 2.24) is 4.98 Å². The average molecular weight is 406 g/mol. The summed E-state index contributed by atoms with van der Waals surface area (Å²) in [6.45, 7) is 0. The van der Waals surface area contributed by atoms with Crippen molar-refractivity contribution in [3.05, 3.63) is 26.6 Å². The molecule has 0 aliphatic heterocycles. The van der Waals surface area contributed by atoms with E-state index in [1.807, 2.05) is 0 Å². The van der Waals surface area contributed by atoms with Crippen molar-refractivity contribution in [2.45, 2.75) is 11.8 Å². The summed E-state index contributed by atoms with van der Waals surface area (Å²) in [5.74, 6) is -0.773. The maximum absolute atomic E-state index is 12.8. The van der Waals surface area contributed by atoms with Gasteiger partial charge in [0.1, 0.15) is 3.70 Å². The number of hydrogen-bond acceptors (Lipinski definition) is 3. The van der Waals surface area contributed by atoms with Gasteiger partial charge in [-0.05, 0) is 28.2 Å². The Labute approximate surface area is 113 Å². The summed E-state index contributed by atoms with van der Waals surface area (Å²) < 4.78 is 30.3. The number of carbonyl (C=O) groups excluding carboxylic acids is 1. The van der Waals surface area contributed by atoms with Crippen molar-refractivity contribution in [3.63, 3.8) is 0 Å². The van der Waals surface area contributed by atoms with E-state index in [1.165, 1.54) is 6.20 Å². The van der Waals surface area contributed by atoms with Gasteiger partial charge in [0.05, 0.1) is 18.2 Å². The molecule has 7 heteroatoms. The molecule has 0 radical (unpaired) electrons. The minimum Gasteiger partial charge on any atom is -0.465 e. The van der Waals surface area contributed by atoms with Crippen LogP contribution < -0.4 is 0 Å². The van der Waals surface area contributed by atoms with Crippen LogP contribution in [-0.2, 0) is 10.1 Å². The Balaban J connectivity index is 3.48. The highest BCUT2D eigenvalue weighted by molar-refractivity contribution is 14.1. The normalized spacial score (nSPS) is 10.6. The number of alkyl halides is 3. The first-order valence-electron chi connectivity index (χ1n) is 4.12. The molecule has 0 bridgehead atoms. The fraction of sp³-hybridized carbons (Fsp3) is 0.333. The van der Waals surface area contributed by atoms with Gasteiger partial charge in [0.2, 0.25) is 0 Å². The molecule has 0 amide bonds. The van der Waals surface area contributed by atoms with E-state index >= 15 is 0 Å². The van der Waals surface area contributed by atoms with E-state index in [1.54, 1.807) is 22.6 Å². The van der Waals surface area contributed by atoms with Crippen LogP contribution >= 0.6 is 38.5 Å². The van der Waals surface area contributed by atoms with Gasteiger partial charge in [0.15, 0.2) is 0 Å². The first-order valence-corrected chi connectivity index (χ1v) is 6.32. The predicted octanol–water partition coefficient (Wildman–Crippen LogP) is 3.31. The molecule has 0 N–H and O–H groups in total. The smallest absolute Gasteiger partial charge is 0.338 e. The van der Waals surface area contributed by atoms with Gasteiger partial charge in [-0.25, -0.2) is 18.6 Å². The summed E-state index contributed by atoms with van der Waals surface area (Å²) in [5.41, 5.74) is -0.0826. The van der Waals surface area contributed by atoms with E-state index in [4.69, 9.17) is 0 Å². The lowest BCUT2D eigenvalue weighted by Gasteiger charge is -2.12. The SMILES string of the molecule is COC(=O)c1c(CBr)cnc(I)c1C(F)F. The van der Waals surface area contributed by atoms with Gasteiger partial charge in [-0.15, -0.1) is 0 Å². The average Bonchev–Trinajstić information content (AvgIpc) is 2.27. The molecule has 0 aromatic carbocycles. The number of hydrogen-bond donors (Lipinski definition) is 0. The zero-order chi connectivity index (χ0) is 12.3. The molecule has 0 spiro atoms. The van der Waals surface area contributed by atoms with Crippen molar-refractivity contribution in [2.24, 2.45) is 0 Å². The van der Waals surface area contributed by atoms with E-state index < -0.39 is 12.4 Å². The third kappa shape index (κ3) is 2.68. The van der Waals surface area contributed by atoms with Crippen LogP contribution in [0.4, 0.5) is 8.78 Å². The fourth-order valence-electron chi connectivity index (χ4n) is 1.19. The first-order chi connectivity index (χ1) is 7.52. The molecule has 0 unspecified atom stereocenters. The number of esters is 1. The standard InChI is InChI=1S/C9H7BrF2INO2/c1-16-9(15)5-4(2-10)3-14-8(13)6(5)7(11)12/h3,7H,2H2,1H3. The number of rotatable bonds is 3. The van der Waals surface area contributed by atoms with Gasteiger partial charge in [-0.2, -0.15) is 0 Å². The number of methoxy groups -OCH3 is 1. The Bertz CT molecular complexity index is 415. The Hall–Kier alpha value is -0.310. The molecule has 0 aliphatic carbocycles. The second kappa shape index (κ2) is 5.85. The molecule has 88 valence electrons. The molecular formula is C9H7BrF2INO2. The van der Waals surface area contributed by atoms with Crippen molar-refractivity contribution in [3.8, 4) is 0 Å². The maximum Gasteiger partial charge on any atom is 0.338 e. The van der Waals surface area contributed by atoms with Gasteiger partial charge < -0.3 is 4.74 Å². The van der Waals surface area contributed by atoms with Crippen LogP contribution in [0, 0.1) is 3.70 Å². The molecule has 0 saturated heterocycles. The van der Waals surface area contributed by atoms with Crippen molar-refractivity contribution in [1.29, 1.82) is 0 Å². The first kappa shape index (κ1) is 13.8. The molecule has 1 aromatic rings. The van der Waals surface area contributed by atoms with Gasteiger partial charge in [-0.1, -0.05) is 15.9 Å². The third-order valence-electron chi connectivity index (χ3n) is 1.90. The van der Waals surface area contributed by atoms with Crippen LogP contribution in [0.25, 0.3) is 0 Å². The van der Waals surface area contributed by atoms with Crippen LogP contribution in [0.2, 0.25) is 0 Å². The van der Waals surface area contributed by atoms with E-state index in [0.717, 1.165) is 7.11 Å². The molecule has 1 aromatic heterocycles. The summed E-state index contributed by atoms with van der Waals surface area (Å²) >= 11 is 4.79. The number of pyridine rings is 1.